The molecule has 170 valence electrons. The highest BCUT2D eigenvalue weighted by molar-refractivity contribution is 5.90. The Labute approximate surface area is 196 Å². The summed E-state index contributed by atoms with van der Waals surface area (Å²) >= 11 is 0. The standard InChI is InChI=1S/C24H23N5O3.ClH/c1-15-12-16(23(30)32-2)5-7-19(15)20-8-6-17(14-27-20)28-21-4-3-10-26-22(21)29(24(28)31)18-9-11-25-13-18;/h3-8,10,12,14,18,25H,9,11,13H2,1-2H3;1H/t18-;/m0./s1. The predicted octanol–water partition coefficient (Wildman–Crippen LogP) is 3.30. The molecule has 1 fully saturated rings. The number of methoxy groups -OCH3 is 1. The molecule has 5 rings (SSSR count). The second-order valence-electron chi connectivity index (χ2n) is 7.90. The highest BCUT2D eigenvalue weighted by Crippen LogP contribution is 2.25. The van der Waals surface area contributed by atoms with Gasteiger partial charge in [0, 0.05) is 18.3 Å². The van der Waals surface area contributed by atoms with Crippen LogP contribution in [0.5, 0.6) is 0 Å². The number of pyridine rings is 2. The molecule has 4 heterocycles. The largest absolute Gasteiger partial charge is 0.465 e. The van der Waals surface area contributed by atoms with E-state index in [2.05, 4.69) is 15.3 Å². The van der Waals surface area contributed by atoms with Crippen LogP contribution in [0.1, 0.15) is 28.4 Å². The number of aromatic nitrogens is 4. The first-order valence-corrected chi connectivity index (χ1v) is 10.5. The van der Waals surface area contributed by atoms with Gasteiger partial charge in [-0.05, 0) is 61.9 Å². The molecule has 4 aromatic rings. The lowest BCUT2D eigenvalue weighted by atomic mass is 10.0. The van der Waals surface area contributed by atoms with Crippen molar-refractivity contribution in [2.24, 2.45) is 0 Å². The van der Waals surface area contributed by atoms with Crippen LogP contribution in [-0.4, -0.2) is 45.3 Å². The topological polar surface area (TPSA) is 91.0 Å². The van der Waals surface area contributed by atoms with Gasteiger partial charge in [0.25, 0.3) is 0 Å². The van der Waals surface area contributed by atoms with Crippen LogP contribution in [0.15, 0.2) is 59.7 Å². The molecule has 1 aromatic carbocycles. The minimum absolute atomic E-state index is 0. The van der Waals surface area contributed by atoms with Gasteiger partial charge in [0.2, 0.25) is 0 Å². The highest BCUT2D eigenvalue weighted by atomic mass is 35.5. The van der Waals surface area contributed by atoms with E-state index >= 15 is 0 Å². The molecule has 33 heavy (non-hydrogen) atoms. The van der Waals surface area contributed by atoms with Gasteiger partial charge in [-0.25, -0.2) is 14.6 Å². The van der Waals surface area contributed by atoms with Crippen LogP contribution < -0.4 is 11.0 Å². The number of halogens is 1. The summed E-state index contributed by atoms with van der Waals surface area (Å²) in [5, 5.41) is 3.32. The molecule has 8 nitrogen and oxygen atoms in total. The summed E-state index contributed by atoms with van der Waals surface area (Å²) in [6.45, 7) is 3.57. The van der Waals surface area contributed by atoms with Crippen molar-refractivity contribution in [1.29, 1.82) is 0 Å². The van der Waals surface area contributed by atoms with Gasteiger partial charge < -0.3 is 10.1 Å². The molecule has 0 radical (unpaired) electrons. The van der Waals surface area contributed by atoms with E-state index in [-0.39, 0.29) is 30.1 Å². The van der Waals surface area contributed by atoms with Crippen LogP contribution >= 0.6 is 12.4 Å². The third-order valence-corrected chi connectivity index (χ3v) is 5.96. The summed E-state index contributed by atoms with van der Waals surface area (Å²) in [4.78, 5) is 34.3. The monoisotopic (exact) mass is 465 g/mol. The van der Waals surface area contributed by atoms with E-state index in [1.807, 2.05) is 37.3 Å². The first-order valence-electron chi connectivity index (χ1n) is 10.5. The number of hydrogen-bond donors (Lipinski definition) is 1. The number of fused-ring (bicyclic) bond motifs is 1. The number of rotatable bonds is 4. The molecule has 0 saturated carbocycles. The summed E-state index contributed by atoms with van der Waals surface area (Å²) in [6.07, 6.45) is 4.31. The van der Waals surface area contributed by atoms with Gasteiger partial charge in [-0.15, -0.1) is 12.4 Å². The molecule has 9 heteroatoms. The lowest BCUT2D eigenvalue weighted by Gasteiger charge is -2.10. The van der Waals surface area contributed by atoms with Crippen LogP contribution in [0.2, 0.25) is 0 Å². The number of nitrogens with zero attached hydrogens (tertiary/aromatic N) is 4. The first kappa shape index (κ1) is 22.7. The van der Waals surface area contributed by atoms with E-state index < -0.39 is 0 Å². The molecule has 3 aromatic heterocycles. The molecule has 1 aliphatic heterocycles. The fourth-order valence-corrected chi connectivity index (χ4v) is 4.36. The number of carbonyl (C=O) groups is 1. The van der Waals surface area contributed by atoms with Gasteiger partial charge in [0.15, 0.2) is 5.65 Å². The van der Waals surface area contributed by atoms with Crippen LogP contribution in [0.4, 0.5) is 0 Å². The zero-order chi connectivity index (χ0) is 22.2. The van der Waals surface area contributed by atoms with E-state index in [1.54, 1.807) is 33.7 Å². The second kappa shape index (κ2) is 9.17. The normalized spacial score (nSPS) is 15.4. The van der Waals surface area contributed by atoms with E-state index in [0.29, 0.717) is 16.9 Å². The van der Waals surface area contributed by atoms with Crippen molar-refractivity contribution in [1.82, 2.24) is 24.4 Å². The number of carbonyl (C=O) groups excluding carboxylic acids is 1. The van der Waals surface area contributed by atoms with Gasteiger partial charge in [0.1, 0.15) is 0 Å². The number of imidazole rings is 1. The van der Waals surface area contributed by atoms with E-state index in [0.717, 1.165) is 41.8 Å². The maximum absolute atomic E-state index is 13.4. The SMILES string of the molecule is COC(=O)c1ccc(-c2ccc(-n3c(=O)n([C@H]4CCNC4)c4ncccc43)cn2)c(C)c1.Cl. The lowest BCUT2D eigenvalue weighted by molar-refractivity contribution is 0.0600. The van der Waals surface area contributed by atoms with Gasteiger partial charge in [-0.3, -0.25) is 14.1 Å². The van der Waals surface area contributed by atoms with Gasteiger partial charge in [-0.1, -0.05) is 6.07 Å². The average molecular weight is 466 g/mol. The van der Waals surface area contributed by atoms with Crippen molar-refractivity contribution < 1.29 is 9.53 Å². The Morgan fingerprint density at radius 2 is 2.03 bits per heavy atom. The predicted molar refractivity (Wildman–Crippen MR) is 128 cm³/mol. The van der Waals surface area contributed by atoms with Crippen molar-refractivity contribution in [3.05, 3.63) is 76.5 Å². The average Bonchev–Trinajstić information content (AvgIpc) is 3.44. The summed E-state index contributed by atoms with van der Waals surface area (Å²) < 4.78 is 8.25. The number of benzene rings is 1. The lowest BCUT2D eigenvalue weighted by Crippen LogP contribution is -2.28. The molecular weight excluding hydrogens is 442 g/mol. The fraction of sp³-hybridized carbons (Fsp3) is 0.250. The van der Waals surface area contributed by atoms with E-state index in [9.17, 15) is 9.59 Å². The molecule has 1 atom stereocenters. The molecule has 1 N–H and O–H groups in total. The maximum Gasteiger partial charge on any atom is 0.337 e. The number of aryl methyl sites for hydroxylation is 1. The fourth-order valence-electron chi connectivity index (χ4n) is 4.36. The molecule has 0 unspecified atom stereocenters. The minimum atomic E-state index is -0.371. The van der Waals surface area contributed by atoms with Gasteiger partial charge in [-0.2, -0.15) is 0 Å². The number of nitrogens with one attached hydrogen (secondary N) is 1. The number of ether oxygens (including phenoxy) is 1. The Hall–Kier alpha value is -3.49. The number of hydrogen-bond acceptors (Lipinski definition) is 6. The molecule has 0 amide bonds. The van der Waals surface area contributed by atoms with Crippen LogP contribution in [0, 0.1) is 6.92 Å². The van der Waals surface area contributed by atoms with Gasteiger partial charge in [0.05, 0.1) is 41.8 Å². The Morgan fingerprint density at radius 3 is 2.70 bits per heavy atom. The Morgan fingerprint density at radius 1 is 1.18 bits per heavy atom. The maximum atomic E-state index is 13.4. The summed E-state index contributed by atoms with van der Waals surface area (Å²) in [7, 11) is 1.36. The minimum Gasteiger partial charge on any atom is -0.465 e. The van der Waals surface area contributed by atoms with Crippen molar-refractivity contribution in [3.8, 4) is 16.9 Å². The van der Waals surface area contributed by atoms with Crippen molar-refractivity contribution in [2.75, 3.05) is 20.2 Å². The Kier molecular flexibility index (Phi) is 6.31. The van der Waals surface area contributed by atoms with Crippen molar-refractivity contribution in [2.45, 2.75) is 19.4 Å². The first-order chi connectivity index (χ1) is 15.6. The van der Waals surface area contributed by atoms with Gasteiger partial charge >= 0.3 is 11.7 Å². The van der Waals surface area contributed by atoms with Crippen LogP contribution in [0.3, 0.4) is 0 Å². The Balaban J connectivity index is 0.00000259. The Bertz CT molecular complexity index is 1370. The third-order valence-electron chi connectivity index (χ3n) is 5.96. The summed E-state index contributed by atoms with van der Waals surface area (Å²) in [5.41, 5.74) is 5.11. The van der Waals surface area contributed by atoms with E-state index in [4.69, 9.17) is 4.74 Å². The molecular formula is C24H24ClN5O3. The number of esters is 1. The second-order valence-corrected chi connectivity index (χ2v) is 7.90. The molecule has 1 aliphatic rings. The zero-order valence-corrected chi connectivity index (χ0v) is 19.1. The van der Waals surface area contributed by atoms with E-state index in [1.165, 1.54) is 7.11 Å². The zero-order valence-electron chi connectivity index (χ0n) is 18.3. The summed E-state index contributed by atoms with van der Waals surface area (Å²) in [5.74, 6) is -0.371. The summed E-state index contributed by atoms with van der Waals surface area (Å²) in [6, 6.07) is 13.0. The van der Waals surface area contributed by atoms with Crippen molar-refractivity contribution in [3.63, 3.8) is 0 Å². The molecule has 0 spiro atoms. The quantitative estimate of drug-likeness (QED) is 0.465. The van der Waals surface area contributed by atoms with Crippen LogP contribution in [0.25, 0.3) is 28.1 Å². The molecule has 0 aliphatic carbocycles. The molecule has 1 saturated heterocycles. The third kappa shape index (κ3) is 3.92. The smallest absolute Gasteiger partial charge is 0.337 e. The molecule has 0 bridgehead atoms. The van der Waals surface area contributed by atoms with Crippen LogP contribution in [-0.2, 0) is 4.74 Å². The van der Waals surface area contributed by atoms with Crippen molar-refractivity contribution >= 4 is 29.5 Å². The highest BCUT2D eigenvalue weighted by Gasteiger charge is 2.24.